The van der Waals surface area contributed by atoms with Crippen LogP contribution < -0.4 is 4.90 Å². The second kappa shape index (κ2) is 4.95. The van der Waals surface area contributed by atoms with E-state index in [0.29, 0.717) is 12.3 Å². The minimum atomic E-state index is -0.208. The third kappa shape index (κ3) is 2.05. The van der Waals surface area contributed by atoms with Gasteiger partial charge in [0.2, 0.25) is 6.41 Å². The lowest BCUT2D eigenvalue weighted by Crippen LogP contribution is -2.30. The fourth-order valence-electron chi connectivity index (χ4n) is 4.00. The number of hydrogen-bond donors (Lipinski definition) is 0. The summed E-state index contributed by atoms with van der Waals surface area (Å²) >= 11 is 0. The number of rotatable bonds is 4. The molecular weight excluding hydrogens is 241 g/mol. The summed E-state index contributed by atoms with van der Waals surface area (Å²) < 4.78 is 12.3. The Morgan fingerprint density at radius 1 is 1.42 bits per heavy atom. The van der Waals surface area contributed by atoms with E-state index in [4.69, 9.17) is 0 Å². The summed E-state index contributed by atoms with van der Waals surface area (Å²) in [6.45, 7) is 0.600. The van der Waals surface area contributed by atoms with Gasteiger partial charge >= 0.3 is 0 Å². The molecule has 0 bridgehead atoms. The lowest BCUT2D eigenvalue weighted by atomic mass is 9.80. The Morgan fingerprint density at radius 3 is 3.05 bits per heavy atom. The van der Waals surface area contributed by atoms with Crippen LogP contribution in [-0.4, -0.2) is 19.6 Å². The van der Waals surface area contributed by atoms with Crippen molar-refractivity contribution in [1.82, 2.24) is 0 Å². The van der Waals surface area contributed by atoms with Crippen molar-refractivity contribution in [3.8, 4) is 0 Å². The van der Waals surface area contributed by atoms with Crippen molar-refractivity contribution in [2.24, 2.45) is 5.92 Å². The first-order chi connectivity index (χ1) is 9.29. The van der Waals surface area contributed by atoms with Gasteiger partial charge in [-0.1, -0.05) is 18.2 Å². The van der Waals surface area contributed by atoms with Gasteiger partial charge in [-0.15, -0.1) is 0 Å². The van der Waals surface area contributed by atoms with Gasteiger partial charge in [-0.3, -0.25) is 9.18 Å². The lowest BCUT2D eigenvalue weighted by molar-refractivity contribution is -0.107. The highest BCUT2D eigenvalue weighted by molar-refractivity contribution is 5.81. The second-order valence-corrected chi connectivity index (χ2v) is 5.97. The van der Waals surface area contributed by atoms with E-state index < -0.39 is 0 Å². The van der Waals surface area contributed by atoms with Crippen molar-refractivity contribution >= 4 is 12.1 Å². The van der Waals surface area contributed by atoms with Gasteiger partial charge < -0.3 is 4.90 Å². The molecule has 1 heterocycles. The van der Waals surface area contributed by atoms with Crippen molar-refractivity contribution < 1.29 is 9.18 Å². The topological polar surface area (TPSA) is 20.3 Å². The Labute approximate surface area is 113 Å². The zero-order valence-corrected chi connectivity index (χ0v) is 11.1. The molecular formula is C16H20FNO. The van der Waals surface area contributed by atoms with E-state index in [1.165, 1.54) is 12.0 Å². The summed E-state index contributed by atoms with van der Waals surface area (Å²) in [5.74, 6) is 0.621. The third-order valence-electron chi connectivity index (χ3n) is 4.84. The molecule has 1 aliphatic heterocycles. The largest absolute Gasteiger partial charge is 0.314 e. The summed E-state index contributed by atoms with van der Waals surface area (Å²) in [5, 5.41) is 0. The zero-order valence-electron chi connectivity index (χ0n) is 11.1. The second-order valence-electron chi connectivity index (χ2n) is 5.97. The number of amides is 1. The average molecular weight is 261 g/mol. The van der Waals surface area contributed by atoms with Gasteiger partial charge in [0.25, 0.3) is 0 Å². The molecule has 1 spiro atoms. The van der Waals surface area contributed by atoms with Gasteiger partial charge in [0.1, 0.15) is 0 Å². The SMILES string of the molecule is O=CN1CC2(CCC(CCCF)C2)c2ccccc21. The average Bonchev–Trinajstić information content (AvgIpc) is 3.00. The number of carbonyl (C=O) groups excluding carboxylic acids is 1. The molecule has 1 fully saturated rings. The van der Waals surface area contributed by atoms with Gasteiger partial charge in [-0.05, 0) is 49.7 Å². The zero-order chi connectivity index (χ0) is 13.3. The van der Waals surface area contributed by atoms with Crippen LogP contribution in [0.3, 0.4) is 0 Å². The molecule has 3 heteroatoms. The molecule has 1 aromatic rings. The van der Waals surface area contributed by atoms with E-state index in [0.717, 1.165) is 37.9 Å². The Balaban J connectivity index is 1.85. The van der Waals surface area contributed by atoms with E-state index in [1.807, 2.05) is 17.0 Å². The van der Waals surface area contributed by atoms with Crippen molar-refractivity contribution in [3.63, 3.8) is 0 Å². The van der Waals surface area contributed by atoms with Crippen LogP contribution in [0.4, 0.5) is 10.1 Å². The van der Waals surface area contributed by atoms with Crippen molar-refractivity contribution in [1.29, 1.82) is 0 Å². The number of para-hydroxylation sites is 1. The number of hydrogen-bond acceptors (Lipinski definition) is 1. The van der Waals surface area contributed by atoms with E-state index in [1.54, 1.807) is 0 Å². The van der Waals surface area contributed by atoms with Crippen molar-refractivity contribution in [2.45, 2.75) is 37.5 Å². The summed E-state index contributed by atoms with van der Waals surface area (Å²) in [6.07, 6.45) is 6.02. The molecule has 1 saturated carbocycles. The molecule has 19 heavy (non-hydrogen) atoms. The quantitative estimate of drug-likeness (QED) is 0.760. The molecule has 1 aromatic carbocycles. The first kappa shape index (κ1) is 12.6. The third-order valence-corrected chi connectivity index (χ3v) is 4.84. The first-order valence-electron chi connectivity index (χ1n) is 7.16. The van der Waals surface area contributed by atoms with Crippen LogP contribution in [-0.2, 0) is 10.2 Å². The molecule has 2 aliphatic rings. The Hall–Kier alpha value is -1.38. The van der Waals surface area contributed by atoms with E-state index in [2.05, 4.69) is 12.1 Å². The Bertz CT molecular complexity index is 476. The summed E-state index contributed by atoms with van der Waals surface area (Å²) in [4.78, 5) is 13.1. The fraction of sp³-hybridized carbons (Fsp3) is 0.562. The number of carbonyl (C=O) groups is 1. The molecule has 2 nitrogen and oxygen atoms in total. The first-order valence-corrected chi connectivity index (χ1v) is 7.16. The molecule has 2 atom stereocenters. The molecule has 0 radical (unpaired) electrons. The van der Waals surface area contributed by atoms with E-state index >= 15 is 0 Å². The number of nitrogens with zero attached hydrogens (tertiary/aromatic N) is 1. The highest BCUT2D eigenvalue weighted by Gasteiger charge is 2.47. The van der Waals surface area contributed by atoms with Crippen molar-refractivity contribution in [2.75, 3.05) is 18.1 Å². The van der Waals surface area contributed by atoms with Crippen LogP contribution in [0.5, 0.6) is 0 Å². The molecule has 1 aliphatic carbocycles. The molecule has 3 rings (SSSR count). The maximum absolute atomic E-state index is 12.3. The number of alkyl halides is 1. The lowest BCUT2D eigenvalue weighted by Gasteiger charge is -2.24. The van der Waals surface area contributed by atoms with Gasteiger partial charge in [0.15, 0.2) is 0 Å². The molecule has 102 valence electrons. The number of halogens is 1. The Kier molecular flexibility index (Phi) is 3.29. The number of anilines is 1. The van der Waals surface area contributed by atoms with Crippen molar-refractivity contribution in [3.05, 3.63) is 29.8 Å². The van der Waals surface area contributed by atoms with Gasteiger partial charge in [-0.25, -0.2) is 0 Å². The van der Waals surface area contributed by atoms with E-state index in [-0.39, 0.29) is 12.1 Å². The predicted molar refractivity (Wildman–Crippen MR) is 74.1 cm³/mol. The maximum atomic E-state index is 12.3. The molecule has 0 aromatic heterocycles. The van der Waals surface area contributed by atoms with Gasteiger partial charge in [0.05, 0.1) is 6.67 Å². The summed E-state index contributed by atoms with van der Waals surface area (Å²) in [6, 6.07) is 8.25. The van der Waals surface area contributed by atoms with Crippen LogP contribution in [0.15, 0.2) is 24.3 Å². The van der Waals surface area contributed by atoms with E-state index in [9.17, 15) is 9.18 Å². The van der Waals surface area contributed by atoms with Crippen LogP contribution >= 0.6 is 0 Å². The minimum absolute atomic E-state index is 0.137. The van der Waals surface area contributed by atoms with Crippen LogP contribution in [0.1, 0.15) is 37.7 Å². The standard InChI is InChI=1S/C16H20FNO/c17-9-3-4-13-7-8-16(10-13)11-18(12-19)15-6-2-1-5-14(15)16/h1-2,5-6,12-13H,3-4,7-11H2. The minimum Gasteiger partial charge on any atom is -0.314 e. The van der Waals surface area contributed by atoms with Crippen LogP contribution in [0.2, 0.25) is 0 Å². The van der Waals surface area contributed by atoms with Crippen LogP contribution in [0.25, 0.3) is 0 Å². The molecule has 1 amide bonds. The number of benzene rings is 1. The van der Waals surface area contributed by atoms with Crippen LogP contribution in [0, 0.1) is 5.92 Å². The molecule has 0 saturated heterocycles. The monoisotopic (exact) mass is 261 g/mol. The molecule has 0 N–H and O–H groups in total. The van der Waals surface area contributed by atoms with Gasteiger partial charge in [-0.2, -0.15) is 0 Å². The smallest absolute Gasteiger partial charge is 0.214 e. The van der Waals surface area contributed by atoms with Gasteiger partial charge in [0, 0.05) is 17.6 Å². The summed E-state index contributed by atoms with van der Waals surface area (Å²) in [5.41, 5.74) is 2.53. The maximum Gasteiger partial charge on any atom is 0.214 e. The fourth-order valence-corrected chi connectivity index (χ4v) is 4.00. The normalized spacial score (nSPS) is 28.9. The summed E-state index contributed by atoms with van der Waals surface area (Å²) in [7, 11) is 0. The highest BCUT2D eigenvalue weighted by atomic mass is 19.1. The Morgan fingerprint density at radius 2 is 2.26 bits per heavy atom. The predicted octanol–water partition coefficient (Wildman–Crippen LogP) is 3.45. The highest BCUT2D eigenvalue weighted by Crippen LogP contribution is 2.52. The molecule has 2 unspecified atom stereocenters. The number of fused-ring (bicyclic) bond motifs is 2.